The van der Waals surface area contributed by atoms with Gasteiger partial charge in [0.15, 0.2) is 0 Å². The highest BCUT2D eigenvalue weighted by atomic mass is 16.7. The summed E-state index contributed by atoms with van der Waals surface area (Å²) in [4.78, 5) is 0. The minimum absolute atomic E-state index is 0.148. The third-order valence-corrected chi connectivity index (χ3v) is 8.48. The predicted molar refractivity (Wildman–Crippen MR) is 209 cm³/mol. The van der Waals surface area contributed by atoms with Gasteiger partial charge in [0.05, 0.1) is 12.5 Å². The molecule has 1 N–H and O–H groups in total. The van der Waals surface area contributed by atoms with Crippen LogP contribution in [0.3, 0.4) is 0 Å². The van der Waals surface area contributed by atoms with Gasteiger partial charge in [-0.15, -0.1) is 0 Å². The van der Waals surface area contributed by atoms with Gasteiger partial charge >= 0.3 is 0 Å². The van der Waals surface area contributed by atoms with E-state index in [4.69, 9.17) is 14.2 Å². The van der Waals surface area contributed by atoms with E-state index in [9.17, 15) is 5.11 Å². The van der Waals surface area contributed by atoms with E-state index >= 15 is 0 Å². The number of ether oxygens (including phenoxy) is 3. The number of aryl methyl sites for hydroxylation is 1. The Labute approximate surface area is 296 Å². The molecule has 0 aromatic heterocycles. The van der Waals surface area contributed by atoms with Gasteiger partial charge in [-0.3, -0.25) is 0 Å². The van der Waals surface area contributed by atoms with Crippen molar-refractivity contribution in [1.29, 1.82) is 0 Å². The van der Waals surface area contributed by atoms with Crippen molar-refractivity contribution in [1.82, 2.24) is 0 Å². The fourth-order valence-corrected chi connectivity index (χ4v) is 6.23. The average molecular weight is 665 g/mol. The summed E-state index contributed by atoms with van der Waals surface area (Å²) in [6.07, 6.45) is 10.1. The van der Waals surface area contributed by atoms with Crippen molar-refractivity contribution in [3.63, 3.8) is 0 Å². The molecule has 1 saturated carbocycles. The Morgan fingerprint density at radius 1 is 0.750 bits per heavy atom. The Hall–Kier alpha value is -2.98. The molecule has 0 radical (unpaired) electrons. The van der Waals surface area contributed by atoms with E-state index in [0.717, 1.165) is 43.1 Å². The SMILES string of the molecule is CC.CC.CC.CCC(CC(C)C)c1ccc(O)cc1.CCCc1ccc(OC(OCC)C2(c3cccc(OC)c3)CCCCC2)cc1. The Morgan fingerprint density at radius 3 is 1.85 bits per heavy atom. The summed E-state index contributed by atoms with van der Waals surface area (Å²) in [5, 5.41) is 9.19. The Bertz CT molecular complexity index is 1150. The van der Waals surface area contributed by atoms with Crippen LogP contribution < -0.4 is 9.47 Å². The van der Waals surface area contributed by atoms with Crippen LogP contribution in [0.4, 0.5) is 0 Å². The second-order valence-corrected chi connectivity index (χ2v) is 12.1. The average Bonchev–Trinajstić information content (AvgIpc) is 3.14. The second-order valence-electron chi connectivity index (χ2n) is 12.1. The monoisotopic (exact) mass is 665 g/mol. The first-order valence-electron chi connectivity index (χ1n) is 19.2. The van der Waals surface area contributed by atoms with Crippen LogP contribution in [-0.2, 0) is 16.6 Å². The molecule has 2 unspecified atom stereocenters. The zero-order chi connectivity index (χ0) is 36.4. The van der Waals surface area contributed by atoms with Gasteiger partial charge in [0, 0.05) is 6.61 Å². The number of hydrogen-bond donors (Lipinski definition) is 1. The Balaban J connectivity index is 0.000000929. The maximum absolute atomic E-state index is 9.19. The molecule has 0 saturated heterocycles. The summed E-state index contributed by atoms with van der Waals surface area (Å²) in [5.74, 6) is 3.49. The smallest absolute Gasteiger partial charge is 0.209 e. The van der Waals surface area contributed by atoms with Crippen molar-refractivity contribution in [2.75, 3.05) is 13.7 Å². The molecule has 1 aliphatic rings. The summed E-state index contributed by atoms with van der Waals surface area (Å²) in [6, 6.07) is 24.6. The topological polar surface area (TPSA) is 47.9 Å². The first-order chi connectivity index (χ1) is 23.3. The fourth-order valence-electron chi connectivity index (χ4n) is 6.23. The number of benzene rings is 3. The van der Waals surface area contributed by atoms with Gasteiger partial charge in [-0.25, -0.2) is 0 Å². The van der Waals surface area contributed by atoms with Gasteiger partial charge in [-0.2, -0.15) is 0 Å². The number of phenols is 1. The lowest BCUT2D eigenvalue weighted by molar-refractivity contribution is -0.135. The molecular formula is C44H72O4. The maximum Gasteiger partial charge on any atom is 0.209 e. The molecule has 1 aliphatic carbocycles. The first kappa shape index (κ1) is 45.0. The van der Waals surface area contributed by atoms with E-state index in [1.54, 1.807) is 19.2 Å². The highest BCUT2D eigenvalue weighted by molar-refractivity contribution is 5.36. The zero-order valence-corrected chi connectivity index (χ0v) is 32.9. The Morgan fingerprint density at radius 2 is 1.35 bits per heavy atom. The highest BCUT2D eigenvalue weighted by Gasteiger charge is 2.44. The van der Waals surface area contributed by atoms with Crippen molar-refractivity contribution >= 4 is 0 Å². The molecule has 0 amide bonds. The summed E-state index contributed by atoms with van der Waals surface area (Å²) in [6.45, 7) is 23.6. The molecule has 0 heterocycles. The van der Waals surface area contributed by atoms with Gasteiger partial charge in [0.1, 0.15) is 17.2 Å². The van der Waals surface area contributed by atoms with E-state index in [0.29, 0.717) is 18.3 Å². The zero-order valence-electron chi connectivity index (χ0n) is 32.9. The van der Waals surface area contributed by atoms with Gasteiger partial charge in [0.2, 0.25) is 6.29 Å². The minimum atomic E-state index is -0.304. The molecule has 1 fully saturated rings. The molecule has 4 nitrogen and oxygen atoms in total. The summed E-state index contributed by atoms with van der Waals surface area (Å²) >= 11 is 0. The molecule has 3 aromatic carbocycles. The van der Waals surface area contributed by atoms with Gasteiger partial charge in [-0.05, 0) is 104 Å². The third-order valence-electron chi connectivity index (χ3n) is 8.48. The van der Waals surface area contributed by atoms with Gasteiger partial charge in [0.25, 0.3) is 0 Å². The summed E-state index contributed by atoms with van der Waals surface area (Å²) in [5.41, 5.74) is 3.81. The molecule has 0 spiro atoms. The maximum atomic E-state index is 9.19. The molecule has 4 heteroatoms. The number of phenolic OH excluding ortho intramolecular Hbond substituents is 1. The lowest BCUT2D eigenvalue weighted by atomic mass is 9.68. The molecule has 0 aliphatic heterocycles. The molecule has 0 bridgehead atoms. The molecule has 2 atom stereocenters. The molecular weight excluding hydrogens is 592 g/mol. The largest absolute Gasteiger partial charge is 0.508 e. The van der Waals surface area contributed by atoms with E-state index in [2.05, 4.69) is 70.2 Å². The predicted octanol–water partition coefficient (Wildman–Crippen LogP) is 13.3. The first-order valence-corrected chi connectivity index (χ1v) is 19.2. The van der Waals surface area contributed by atoms with Crippen molar-refractivity contribution in [2.24, 2.45) is 5.92 Å². The van der Waals surface area contributed by atoms with Crippen LogP contribution in [0.25, 0.3) is 0 Å². The second kappa shape index (κ2) is 26.9. The quantitative estimate of drug-likeness (QED) is 0.185. The van der Waals surface area contributed by atoms with Crippen LogP contribution in [0, 0.1) is 5.92 Å². The lowest BCUT2D eigenvalue weighted by Crippen LogP contribution is -2.46. The van der Waals surface area contributed by atoms with E-state index in [1.807, 2.05) is 66.7 Å². The number of hydrogen-bond acceptors (Lipinski definition) is 4. The standard InChI is InChI=1S/C25H34O3.C13H20O.3C2H6/c1-4-10-20-13-15-22(16-14-20)28-24(27-5-2)25(17-7-6-8-18-25)21-11-9-12-23(19-21)26-3;1-4-11(9-10(2)3)12-5-7-13(14)8-6-12;3*1-2/h9,11-16,19,24H,4-8,10,17-18H2,1-3H3;5-8,10-11,14H,4,9H2,1-3H3;3*1-2H3. The molecule has 3 aromatic rings. The van der Waals surface area contributed by atoms with Crippen LogP contribution in [0.5, 0.6) is 17.2 Å². The van der Waals surface area contributed by atoms with Crippen LogP contribution >= 0.6 is 0 Å². The third kappa shape index (κ3) is 15.1. The van der Waals surface area contributed by atoms with Crippen LogP contribution in [0.15, 0.2) is 72.8 Å². The highest BCUT2D eigenvalue weighted by Crippen LogP contribution is 2.45. The molecule has 48 heavy (non-hydrogen) atoms. The van der Waals surface area contributed by atoms with Crippen LogP contribution in [0.1, 0.15) is 150 Å². The van der Waals surface area contributed by atoms with Crippen molar-refractivity contribution in [2.45, 2.75) is 152 Å². The van der Waals surface area contributed by atoms with Crippen molar-refractivity contribution in [3.05, 3.63) is 89.5 Å². The van der Waals surface area contributed by atoms with Crippen LogP contribution in [0.2, 0.25) is 0 Å². The minimum Gasteiger partial charge on any atom is -0.508 e. The van der Waals surface area contributed by atoms with Crippen molar-refractivity contribution in [3.8, 4) is 17.2 Å². The summed E-state index contributed by atoms with van der Waals surface area (Å²) < 4.78 is 18.2. The van der Waals surface area contributed by atoms with E-state index in [1.165, 1.54) is 48.8 Å². The van der Waals surface area contributed by atoms with Crippen LogP contribution in [-0.4, -0.2) is 25.1 Å². The van der Waals surface area contributed by atoms with E-state index in [-0.39, 0.29) is 11.7 Å². The lowest BCUT2D eigenvalue weighted by Gasteiger charge is -2.43. The number of aromatic hydroxyl groups is 1. The normalized spacial score (nSPS) is 14.2. The van der Waals surface area contributed by atoms with Crippen molar-refractivity contribution < 1.29 is 19.3 Å². The molecule has 4 rings (SSSR count). The fraction of sp³-hybridized carbons (Fsp3) is 0.591. The summed E-state index contributed by atoms with van der Waals surface area (Å²) in [7, 11) is 1.72. The van der Waals surface area contributed by atoms with E-state index < -0.39 is 0 Å². The van der Waals surface area contributed by atoms with Gasteiger partial charge in [-0.1, -0.05) is 131 Å². The molecule has 272 valence electrons. The number of rotatable bonds is 13. The Kier molecular flexibility index (Phi) is 25.2. The van der Waals surface area contributed by atoms with Gasteiger partial charge < -0.3 is 19.3 Å². The number of methoxy groups -OCH3 is 1.